The zero-order valence-corrected chi connectivity index (χ0v) is 10.9. The number of nitrogens with zero attached hydrogens (tertiary/aromatic N) is 2. The molecule has 2 aromatic rings. The van der Waals surface area contributed by atoms with Crippen LogP contribution in [-0.4, -0.2) is 27.5 Å². The van der Waals surface area contributed by atoms with Crippen LogP contribution in [0.1, 0.15) is 12.8 Å². The van der Waals surface area contributed by atoms with Gasteiger partial charge < -0.3 is 11.1 Å². The van der Waals surface area contributed by atoms with Crippen LogP contribution < -0.4 is 11.1 Å². The van der Waals surface area contributed by atoms with E-state index < -0.39 is 0 Å². The number of fused-ring (bicyclic) bond motifs is 1. The highest BCUT2D eigenvalue weighted by molar-refractivity contribution is 7.99. The van der Waals surface area contributed by atoms with Crippen molar-refractivity contribution in [2.45, 2.75) is 18.9 Å². The molecule has 0 radical (unpaired) electrons. The third-order valence-corrected chi connectivity index (χ3v) is 4.38. The lowest BCUT2D eigenvalue weighted by Crippen LogP contribution is -2.26. The maximum atomic E-state index is 5.77. The lowest BCUT2D eigenvalue weighted by atomic mass is 10.1. The van der Waals surface area contributed by atoms with Crippen molar-refractivity contribution in [1.82, 2.24) is 9.97 Å². The molecular formula is C13H16N4S. The molecular weight excluding hydrogens is 244 g/mol. The summed E-state index contributed by atoms with van der Waals surface area (Å²) in [5, 5.41) is 4.57. The highest BCUT2D eigenvalue weighted by Crippen LogP contribution is 2.25. The fraction of sp³-hybridized carbons (Fsp3) is 0.385. The Morgan fingerprint density at radius 1 is 1.33 bits per heavy atom. The van der Waals surface area contributed by atoms with E-state index in [1.165, 1.54) is 18.6 Å². The summed E-state index contributed by atoms with van der Waals surface area (Å²) in [6.07, 6.45) is 4.09. The predicted octanol–water partition coefficient (Wildman–Crippen LogP) is 2.52. The molecule has 1 aliphatic heterocycles. The molecule has 4 nitrogen and oxygen atoms in total. The molecule has 2 heterocycles. The molecule has 0 spiro atoms. The summed E-state index contributed by atoms with van der Waals surface area (Å²) in [4.78, 5) is 8.62. The Bertz CT molecular complexity index is 552. The van der Waals surface area contributed by atoms with E-state index in [-0.39, 0.29) is 0 Å². The highest BCUT2D eigenvalue weighted by Gasteiger charge is 2.15. The molecule has 0 saturated carbocycles. The molecule has 5 heteroatoms. The van der Waals surface area contributed by atoms with E-state index in [2.05, 4.69) is 15.3 Å². The van der Waals surface area contributed by atoms with Crippen LogP contribution in [0, 0.1) is 0 Å². The van der Waals surface area contributed by atoms with E-state index in [4.69, 9.17) is 5.73 Å². The maximum absolute atomic E-state index is 5.77. The van der Waals surface area contributed by atoms with Crippen LogP contribution in [0.3, 0.4) is 0 Å². The van der Waals surface area contributed by atoms with Crippen molar-refractivity contribution in [3.8, 4) is 0 Å². The molecule has 3 rings (SSSR count). The molecule has 1 saturated heterocycles. The normalized spacial score (nSPS) is 19.9. The van der Waals surface area contributed by atoms with Crippen LogP contribution >= 0.6 is 11.8 Å². The number of benzene rings is 1. The summed E-state index contributed by atoms with van der Waals surface area (Å²) in [6.45, 7) is 0. The van der Waals surface area contributed by atoms with Gasteiger partial charge in [-0.1, -0.05) is 0 Å². The molecule has 0 amide bonds. The number of anilines is 2. The van der Waals surface area contributed by atoms with Gasteiger partial charge in [0, 0.05) is 22.9 Å². The largest absolute Gasteiger partial charge is 0.399 e. The number of hydrogen-bond donors (Lipinski definition) is 2. The topological polar surface area (TPSA) is 63.8 Å². The van der Waals surface area contributed by atoms with E-state index in [9.17, 15) is 0 Å². The van der Waals surface area contributed by atoms with Crippen molar-refractivity contribution < 1.29 is 0 Å². The second kappa shape index (κ2) is 5.02. The molecule has 18 heavy (non-hydrogen) atoms. The van der Waals surface area contributed by atoms with Crippen molar-refractivity contribution in [2.75, 3.05) is 22.6 Å². The minimum atomic E-state index is 0.513. The lowest BCUT2D eigenvalue weighted by Gasteiger charge is -2.23. The Morgan fingerprint density at radius 2 is 2.28 bits per heavy atom. The second-order valence-electron chi connectivity index (χ2n) is 4.56. The minimum Gasteiger partial charge on any atom is -0.399 e. The number of nitrogen functional groups attached to an aromatic ring is 1. The summed E-state index contributed by atoms with van der Waals surface area (Å²) in [5.41, 5.74) is 7.41. The number of thioether (sulfide) groups is 1. The first-order valence-electron chi connectivity index (χ1n) is 6.17. The van der Waals surface area contributed by atoms with Gasteiger partial charge >= 0.3 is 0 Å². The zero-order chi connectivity index (χ0) is 12.4. The van der Waals surface area contributed by atoms with Gasteiger partial charge in [0.15, 0.2) is 0 Å². The van der Waals surface area contributed by atoms with Crippen molar-refractivity contribution in [3.63, 3.8) is 0 Å². The van der Waals surface area contributed by atoms with Gasteiger partial charge in [0.1, 0.15) is 12.1 Å². The molecule has 1 aliphatic rings. The average Bonchev–Trinajstić information content (AvgIpc) is 2.40. The third kappa shape index (κ3) is 2.36. The Balaban J connectivity index is 1.91. The Morgan fingerprint density at radius 3 is 3.11 bits per heavy atom. The van der Waals surface area contributed by atoms with E-state index in [1.54, 1.807) is 6.33 Å². The molecule has 94 valence electrons. The Hall–Kier alpha value is -1.49. The minimum absolute atomic E-state index is 0.513. The Labute approximate surface area is 110 Å². The van der Waals surface area contributed by atoms with Gasteiger partial charge in [-0.2, -0.15) is 11.8 Å². The fourth-order valence-electron chi connectivity index (χ4n) is 2.24. The number of nitrogens with two attached hydrogens (primary N) is 1. The van der Waals surface area contributed by atoms with E-state index in [0.29, 0.717) is 6.04 Å². The first-order valence-corrected chi connectivity index (χ1v) is 7.33. The highest BCUT2D eigenvalue weighted by atomic mass is 32.2. The predicted molar refractivity (Wildman–Crippen MR) is 77.9 cm³/mol. The van der Waals surface area contributed by atoms with Gasteiger partial charge in [0.2, 0.25) is 0 Å². The first-order chi connectivity index (χ1) is 8.83. The van der Waals surface area contributed by atoms with E-state index >= 15 is 0 Å². The SMILES string of the molecule is Nc1ccc2c(NC3CCCSC3)ncnc2c1. The molecule has 1 unspecified atom stereocenters. The summed E-state index contributed by atoms with van der Waals surface area (Å²) in [7, 11) is 0. The van der Waals surface area contributed by atoms with Gasteiger partial charge in [-0.05, 0) is 36.8 Å². The monoisotopic (exact) mass is 260 g/mol. The smallest absolute Gasteiger partial charge is 0.137 e. The van der Waals surface area contributed by atoms with Crippen LogP contribution in [0.15, 0.2) is 24.5 Å². The standard InChI is InChI=1S/C13H16N4S/c14-9-3-4-11-12(6-9)15-8-16-13(11)17-10-2-1-5-18-7-10/h3-4,6,8,10H,1-2,5,7,14H2,(H,15,16,17). The van der Waals surface area contributed by atoms with Gasteiger partial charge in [-0.3, -0.25) is 0 Å². The number of rotatable bonds is 2. The number of hydrogen-bond acceptors (Lipinski definition) is 5. The van der Waals surface area contributed by atoms with Crippen molar-refractivity contribution in [2.24, 2.45) is 0 Å². The molecule has 1 aromatic carbocycles. The lowest BCUT2D eigenvalue weighted by molar-refractivity contribution is 0.683. The van der Waals surface area contributed by atoms with Crippen LogP contribution in [0.5, 0.6) is 0 Å². The summed E-state index contributed by atoms with van der Waals surface area (Å²) in [6, 6.07) is 6.28. The fourth-order valence-corrected chi connectivity index (χ4v) is 3.31. The molecule has 1 fully saturated rings. The van der Waals surface area contributed by atoms with Gasteiger partial charge in [-0.25, -0.2) is 9.97 Å². The van der Waals surface area contributed by atoms with Crippen molar-refractivity contribution in [1.29, 1.82) is 0 Å². The van der Waals surface area contributed by atoms with Gasteiger partial charge in [0.25, 0.3) is 0 Å². The average molecular weight is 260 g/mol. The van der Waals surface area contributed by atoms with Gasteiger partial charge in [0.05, 0.1) is 5.52 Å². The van der Waals surface area contributed by atoms with E-state index in [0.717, 1.165) is 28.2 Å². The third-order valence-electron chi connectivity index (χ3n) is 3.16. The maximum Gasteiger partial charge on any atom is 0.137 e. The van der Waals surface area contributed by atoms with Gasteiger partial charge in [-0.15, -0.1) is 0 Å². The summed E-state index contributed by atoms with van der Waals surface area (Å²) in [5.74, 6) is 3.35. The molecule has 3 N–H and O–H groups in total. The molecule has 1 atom stereocenters. The van der Waals surface area contributed by atoms with Crippen molar-refractivity contribution in [3.05, 3.63) is 24.5 Å². The van der Waals surface area contributed by atoms with E-state index in [1.807, 2.05) is 30.0 Å². The van der Waals surface area contributed by atoms with Crippen LogP contribution in [0.25, 0.3) is 10.9 Å². The summed E-state index contributed by atoms with van der Waals surface area (Å²) < 4.78 is 0. The number of aromatic nitrogens is 2. The number of nitrogens with one attached hydrogen (secondary N) is 1. The molecule has 0 bridgehead atoms. The summed E-state index contributed by atoms with van der Waals surface area (Å²) >= 11 is 2.00. The zero-order valence-electron chi connectivity index (χ0n) is 10.1. The Kier molecular flexibility index (Phi) is 3.23. The molecule has 1 aromatic heterocycles. The first kappa shape index (κ1) is 11.6. The van der Waals surface area contributed by atoms with Crippen LogP contribution in [-0.2, 0) is 0 Å². The molecule has 0 aliphatic carbocycles. The van der Waals surface area contributed by atoms with Crippen LogP contribution in [0.2, 0.25) is 0 Å². The van der Waals surface area contributed by atoms with Crippen molar-refractivity contribution >= 4 is 34.2 Å². The van der Waals surface area contributed by atoms with Crippen LogP contribution in [0.4, 0.5) is 11.5 Å². The second-order valence-corrected chi connectivity index (χ2v) is 5.71. The quantitative estimate of drug-likeness (QED) is 0.812.